The first-order valence-electron chi connectivity index (χ1n) is 6.07. The van der Waals surface area contributed by atoms with Gasteiger partial charge in [0.05, 0.1) is 0 Å². The van der Waals surface area contributed by atoms with Crippen LogP contribution in [0.2, 0.25) is 5.02 Å². The number of carbonyl (C=O) groups excluding carboxylic acids is 1. The summed E-state index contributed by atoms with van der Waals surface area (Å²) in [4.78, 5) is 24.4. The molecule has 1 N–H and O–H groups in total. The number of halogens is 1. The van der Waals surface area contributed by atoms with Crippen LogP contribution in [0.5, 0.6) is 0 Å². The van der Waals surface area contributed by atoms with Crippen LogP contribution in [0.4, 0.5) is 0 Å². The van der Waals surface area contributed by atoms with Gasteiger partial charge in [-0.15, -0.1) is 0 Å². The van der Waals surface area contributed by atoms with Crippen molar-refractivity contribution in [3.8, 4) is 0 Å². The lowest BCUT2D eigenvalue weighted by Gasteiger charge is -2.30. The van der Waals surface area contributed by atoms with Gasteiger partial charge in [-0.3, -0.25) is 4.79 Å². The van der Waals surface area contributed by atoms with Crippen molar-refractivity contribution >= 4 is 23.5 Å². The maximum absolute atomic E-state index is 11.7. The summed E-state index contributed by atoms with van der Waals surface area (Å²) in [5.74, 6) is -1.40. The van der Waals surface area contributed by atoms with Crippen molar-refractivity contribution in [1.29, 1.82) is 0 Å². The summed E-state index contributed by atoms with van der Waals surface area (Å²) >= 11 is 5.80. The van der Waals surface area contributed by atoms with E-state index in [1.165, 1.54) is 11.8 Å². The number of carboxylic acid groups (broad SMARTS) is 1. The zero-order valence-electron chi connectivity index (χ0n) is 11.3. The Labute approximate surface area is 118 Å². The minimum atomic E-state index is -0.987. The van der Waals surface area contributed by atoms with Gasteiger partial charge in [0, 0.05) is 18.5 Å². The van der Waals surface area contributed by atoms with Crippen molar-refractivity contribution in [2.75, 3.05) is 0 Å². The van der Waals surface area contributed by atoms with Gasteiger partial charge in [0.1, 0.15) is 6.04 Å². The van der Waals surface area contributed by atoms with E-state index < -0.39 is 12.0 Å². The second-order valence-electron chi connectivity index (χ2n) is 4.80. The van der Waals surface area contributed by atoms with E-state index >= 15 is 0 Å². The van der Waals surface area contributed by atoms with Crippen LogP contribution < -0.4 is 0 Å². The largest absolute Gasteiger partial charge is 0.480 e. The quantitative estimate of drug-likeness (QED) is 0.904. The van der Waals surface area contributed by atoms with Crippen molar-refractivity contribution < 1.29 is 14.7 Å². The van der Waals surface area contributed by atoms with Crippen molar-refractivity contribution in [2.24, 2.45) is 5.92 Å². The van der Waals surface area contributed by atoms with Crippen molar-refractivity contribution in [3.05, 3.63) is 34.9 Å². The molecule has 1 aromatic rings. The first-order valence-corrected chi connectivity index (χ1v) is 6.45. The second-order valence-corrected chi connectivity index (χ2v) is 5.24. The highest BCUT2D eigenvalue weighted by Crippen LogP contribution is 2.17. The fourth-order valence-electron chi connectivity index (χ4n) is 1.97. The van der Waals surface area contributed by atoms with Crippen LogP contribution >= 0.6 is 11.6 Å². The molecule has 19 heavy (non-hydrogen) atoms. The molecule has 0 saturated heterocycles. The molecule has 1 rings (SSSR count). The number of benzene rings is 1. The second kappa shape index (κ2) is 6.57. The van der Waals surface area contributed by atoms with Crippen molar-refractivity contribution in [1.82, 2.24) is 4.90 Å². The van der Waals surface area contributed by atoms with E-state index in [9.17, 15) is 14.7 Å². The number of aliphatic carboxylic acids is 1. The summed E-state index contributed by atoms with van der Waals surface area (Å²) in [5, 5.41) is 9.88. The number of rotatable bonds is 5. The van der Waals surface area contributed by atoms with E-state index in [0.29, 0.717) is 5.02 Å². The van der Waals surface area contributed by atoms with Crippen molar-refractivity contribution in [2.45, 2.75) is 33.4 Å². The SMILES string of the molecule is CC(=O)N(Cc1ccc(Cl)cc1)C(C(=O)O)C(C)C. The number of hydrogen-bond donors (Lipinski definition) is 1. The Morgan fingerprint density at radius 1 is 1.26 bits per heavy atom. The number of carboxylic acids is 1. The molecule has 1 aromatic carbocycles. The molecule has 4 nitrogen and oxygen atoms in total. The van der Waals surface area contributed by atoms with E-state index in [1.807, 2.05) is 0 Å². The Kier molecular flexibility index (Phi) is 5.36. The zero-order chi connectivity index (χ0) is 14.6. The van der Waals surface area contributed by atoms with Gasteiger partial charge in [-0.25, -0.2) is 4.79 Å². The number of carbonyl (C=O) groups is 2. The maximum Gasteiger partial charge on any atom is 0.326 e. The van der Waals surface area contributed by atoms with Crippen LogP contribution in [0.15, 0.2) is 24.3 Å². The van der Waals surface area contributed by atoms with Gasteiger partial charge < -0.3 is 10.0 Å². The highest BCUT2D eigenvalue weighted by molar-refractivity contribution is 6.30. The monoisotopic (exact) mass is 283 g/mol. The van der Waals surface area contributed by atoms with Crippen LogP contribution in [-0.4, -0.2) is 27.9 Å². The third kappa shape index (κ3) is 4.24. The minimum Gasteiger partial charge on any atom is -0.480 e. The van der Waals surface area contributed by atoms with Crippen LogP contribution in [-0.2, 0) is 16.1 Å². The van der Waals surface area contributed by atoms with Crippen LogP contribution in [0.1, 0.15) is 26.3 Å². The van der Waals surface area contributed by atoms with E-state index in [4.69, 9.17) is 11.6 Å². The van der Waals surface area contributed by atoms with E-state index in [1.54, 1.807) is 38.1 Å². The molecule has 0 bridgehead atoms. The Hall–Kier alpha value is -1.55. The molecule has 0 heterocycles. The van der Waals surface area contributed by atoms with Crippen LogP contribution in [0, 0.1) is 5.92 Å². The molecule has 0 aliphatic heterocycles. The van der Waals surface area contributed by atoms with Gasteiger partial charge in [-0.1, -0.05) is 37.6 Å². The normalized spacial score (nSPS) is 12.3. The minimum absolute atomic E-state index is 0.159. The molecule has 0 spiro atoms. The summed E-state index contributed by atoms with van der Waals surface area (Å²) in [6.07, 6.45) is 0. The Morgan fingerprint density at radius 3 is 2.16 bits per heavy atom. The predicted molar refractivity (Wildman–Crippen MR) is 73.9 cm³/mol. The molecule has 0 fully saturated rings. The van der Waals surface area contributed by atoms with Crippen molar-refractivity contribution in [3.63, 3.8) is 0 Å². The predicted octanol–water partition coefficient (Wildman–Crippen LogP) is 2.80. The van der Waals surface area contributed by atoms with Gasteiger partial charge in [0.2, 0.25) is 5.91 Å². The molecule has 104 valence electrons. The first kappa shape index (κ1) is 15.5. The number of nitrogens with zero attached hydrogens (tertiary/aromatic N) is 1. The Balaban J connectivity index is 2.97. The highest BCUT2D eigenvalue weighted by atomic mass is 35.5. The lowest BCUT2D eigenvalue weighted by atomic mass is 10.0. The summed E-state index contributed by atoms with van der Waals surface area (Å²) in [6.45, 7) is 5.23. The molecule has 1 atom stereocenters. The topological polar surface area (TPSA) is 57.6 Å². The lowest BCUT2D eigenvalue weighted by molar-refractivity contribution is -0.152. The average Bonchev–Trinajstić information content (AvgIpc) is 2.29. The lowest BCUT2D eigenvalue weighted by Crippen LogP contribution is -2.46. The van der Waals surface area contributed by atoms with Gasteiger partial charge in [-0.2, -0.15) is 0 Å². The van der Waals surface area contributed by atoms with Gasteiger partial charge in [0.15, 0.2) is 0 Å². The van der Waals surface area contributed by atoms with Crippen LogP contribution in [0.25, 0.3) is 0 Å². The highest BCUT2D eigenvalue weighted by Gasteiger charge is 2.30. The molecule has 0 saturated carbocycles. The molecule has 1 unspecified atom stereocenters. The third-order valence-corrected chi connectivity index (χ3v) is 3.14. The standard InChI is InChI=1S/C14H18ClNO3/c1-9(2)13(14(18)19)16(10(3)17)8-11-4-6-12(15)7-5-11/h4-7,9,13H,8H2,1-3H3,(H,18,19). The van der Waals surface area contributed by atoms with Gasteiger partial charge in [-0.05, 0) is 23.6 Å². The number of hydrogen-bond acceptors (Lipinski definition) is 2. The molecule has 5 heteroatoms. The maximum atomic E-state index is 11.7. The Bertz CT molecular complexity index is 456. The van der Waals surface area contributed by atoms with E-state index in [0.717, 1.165) is 5.56 Å². The fraction of sp³-hybridized carbons (Fsp3) is 0.429. The molecule has 0 aliphatic rings. The third-order valence-electron chi connectivity index (χ3n) is 2.89. The van der Waals surface area contributed by atoms with Gasteiger partial charge >= 0.3 is 5.97 Å². The first-order chi connectivity index (χ1) is 8.82. The van der Waals surface area contributed by atoms with E-state index in [2.05, 4.69) is 0 Å². The summed E-state index contributed by atoms with van der Waals surface area (Å²) in [5.41, 5.74) is 0.853. The van der Waals surface area contributed by atoms with Gasteiger partial charge in [0.25, 0.3) is 0 Å². The number of amides is 1. The smallest absolute Gasteiger partial charge is 0.326 e. The molecule has 0 aromatic heterocycles. The molecular weight excluding hydrogens is 266 g/mol. The molecule has 1 amide bonds. The molecular formula is C14H18ClNO3. The van der Waals surface area contributed by atoms with Crippen LogP contribution in [0.3, 0.4) is 0 Å². The average molecular weight is 284 g/mol. The Morgan fingerprint density at radius 2 is 1.79 bits per heavy atom. The molecule has 0 radical (unpaired) electrons. The van der Waals surface area contributed by atoms with E-state index in [-0.39, 0.29) is 18.4 Å². The summed E-state index contributed by atoms with van der Waals surface area (Å²) < 4.78 is 0. The zero-order valence-corrected chi connectivity index (χ0v) is 12.0. The fourth-order valence-corrected chi connectivity index (χ4v) is 2.10. The summed E-state index contributed by atoms with van der Waals surface area (Å²) in [6, 6.07) is 6.20. The summed E-state index contributed by atoms with van der Waals surface area (Å²) in [7, 11) is 0. The molecule has 0 aliphatic carbocycles.